The van der Waals surface area contributed by atoms with Crippen LogP contribution in [0.1, 0.15) is 24.8 Å². The molecule has 1 aliphatic rings. The van der Waals surface area contributed by atoms with Crippen molar-refractivity contribution in [3.8, 4) is 0 Å². The van der Waals surface area contributed by atoms with Crippen LogP contribution in [-0.4, -0.2) is 18.5 Å². The maximum Gasteiger partial charge on any atom is 0.221 e. The molecule has 0 heterocycles. The molecule has 0 radical (unpaired) electrons. The Bertz CT molecular complexity index is 433. The summed E-state index contributed by atoms with van der Waals surface area (Å²) < 4.78 is 25.6. The molecule has 2 rings (SSSR count). The molecule has 0 atom stereocenters. The molecule has 18 heavy (non-hydrogen) atoms. The fourth-order valence-corrected chi connectivity index (χ4v) is 1.62. The van der Waals surface area contributed by atoms with Gasteiger partial charge in [0, 0.05) is 25.6 Å². The van der Waals surface area contributed by atoms with Gasteiger partial charge in [0.2, 0.25) is 5.91 Å². The second kappa shape index (κ2) is 5.91. The minimum Gasteiger partial charge on any atom is -0.352 e. The van der Waals surface area contributed by atoms with E-state index in [4.69, 9.17) is 0 Å². The summed E-state index contributed by atoms with van der Waals surface area (Å²) in [5.41, 5.74) is 0.553. The minimum atomic E-state index is -0.892. The van der Waals surface area contributed by atoms with Crippen molar-refractivity contribution in [1.82, 2.24) is 10.6 Å². The zero-order chi connectivity index (χ0) is 13.0. The van der Waals surface area contributed by atoms with Crippen LogP contribution in [0.4, 0.5) is 8.78 Å². The molecule has 0 saturated heterocycles. The maximum absolute atomic E-state index is 12.9. The molecule has 0 spiro atoms. The fourth-order valence-electron chi connectivity index (χ4n) is 1.62. The third-order valence-electron chi connectivity index (χ3n) is 2.84. The van der Waals surface area contributed by atoms with Crippen LogP contribution in [0.3, 0.4) is 0 Å². The Balaban J connectivity index is 1.68. The second-order valence-corrected chi connectivity index (χ2v) is 4.50. The van der Waals surface area contributed by atoms with Gasteiger partial charge in [0.05, 0.1) is 0 Å². The molecule has 5 heteroatoms. The van der Waals surface area contributed by atoms with E-state index in [1.165, 1.54) is 18.9 Å². The first kappa shape index (κ1) is 13.0. The highest BCUT2D eigenvalue weighted by atomic mass is 19.2. The molecule has 0 aliphatic heterocycles. The number of hydrogen-bond acceptors (Lipinski definition) is 2. The fraction of sp³-hybridized carbons (Fsp3) is 0.462. The van der Waals surface area contributed by atoms with Crippen LogP contribution in [-0.2, 0) is 11.3 Å². The zero-order valence-corrected chi connectivity index (χ0v) is 10.0. The Morgan fingerprint density at radius 2 is 2.06 bits per heavy atom. The molecule has 1 aromatic rings. The molecular formula is C13H16F2N2O. The number of rotatable bonds is 6. The van der Waals surface area contributed by atoms with Crippen LogP contribution in [0.2, 0.25) is 0 Å². The normalized spacial score (nSPS) is 14.6. The number of nitrogens with one attached hydrogen (secondary N) is 2. The zero-order valence-electron chi connectivity index (χ0n) is 10.0. The first-order chi connectivity index (χ1) is 8.65. The largest absolute Gasteiger partial charge is 0.352 e. The number of carbonyl (C=O) groups excluding carboxylic acids is 1. The Hall–Kier alpha value is -1.49. The summed E-state index contributed by atoms with van der Waals surface area (Å²) >= 11 is 0. The minimum absolute atomic E-state index is 0.0899. The van der Waals surface area contributed by atoms with Crippen LogP contribution in [0, 0.1) is 11.6 Å². The lowest BCUT2D eigenvalue weighted by Crippen LogP contribution is -2.28. The topological polar surface area (TPSA) is 41.1 Å². The summed E-state index contributed by atoms with van der Waals surface area (Å²) in [6.45, 7) is 0.883. The smallest absolute Gasteiger partial charge is 0.221 e. The lowest BCUT2D eigenvalue weighted by Gasteiger charge is -2.06. The van der Waals surface area contributed by atoms with Gasteiger partial charge in [0.15, 0.2) is 11.6 Å². The van der Waals surface area contributed by atoms with Crippen molar-refractivity contribution in [3.05, 3.63) is 35.4 Å². The van der Waals surface area contributed by atoms with Gasteiger partial charge in [-0.2, -0.15) is 0 Å². The second-order valence-electron chi connectivity index (χ2n) is 4.50. The molecule has 1 amide bonds. The Labute approximate surface area is 105 Å². The maximum atomic E-state index is 12.9. The quantitative estimate of drug-likeness (QED) is 0.811. The summed E-state index contributed by atoms with van der Waals surface area (Å²) in [5.74, 6) is -1.86. The van der Waals surface area contributed by atoms with E-state index >= 15 is 0 Å². The van der Waals surface area contributed by atoms with E-state index in [2.05, 4.69) is 10.6 Å². The number of hydrogen-bond donors (Lipinski definition) is 2. The highest BCUT2D eigenvalue weighted by Gasteiger charge is 2.19. The van der Waals surface area contributed by atoms with Gasteiger partial charge in [-0.25, -0.2) is 8.78 Å². The number of carbonyl (C=O) groups is 1. The van der Waals surface area contributed by atoms with E-state index in [1.54, 1.807) is 0 Å². The highest BCUT2D eigenvalue weighted by Crippen LogP contribution is 2.18. The highest BCUT2D eigenvalue weighted by molar-refractivity contribution is 5.76. The van der Waals surface area contributed by atoms with Crippen molar-refractivity contribution >= 4 is 5.91 Å². The Morgan fingerprint density at radius 3 is 2.72 bits per heavy atom. The van der Waals surface area contributed by atoms with Gasteiger partial charge < -0.3 is 10.6 Å². The van der Waals surface area contributed by atoms with Gasteiger partial charge >= 0.3 is 0 Å². The molecule has 3 nitrogen and oxygen atoms in total. The van der Waals surface area contributed by atoms with Crippen molar-refractivity contribution in [2.45, 2.75) is 31.8 Å². The third-order valence-corrected chi connectivity index (χ3v) is 2.84. The van der Waals surface area contributed by atoms with Gasteiger partial charge in [0.25, 0.3) is 0 Å². The molecule has 0 aromatic heterocycles. The molecule has 1 aromatic carbocycles. The molecule has 0 bridgehead atoms. The first-order valence-corrected chi connectivity index (χ1v) is 6.09. The molecular weight excluding hydrogens is 238 g/mol. The number of benzene rings is 1. The SMILES string of the molecule is O=C(CCNC1CC1)NCc1ccc(F)c(F)c1. The van der Waals surface area contributed by atoms with Crippen molar-refractivity contribution in [1.29, 1.82) is 0 Å². The summed E-state index contributed by atoms with van der Waals surface area (Å²) in [4.78, 5) is 11.5. The van der Waals surface area contributed by atoms with Gasteiger partial charge in [-0.05, 0) is 30.5 Å². The van der Waals surface area contributed by atoms with Crippen LogP contribution in [0.5, 0.6) is 0 Å². The van der Waals surface area contributed by atoms with Crippen LogP contribution in [0.25, 0.3) is 0 Å². The predicted molar refractivity (Wildman–Crippen MR) is 63.8 cm³/mol. The van der Waals surface area contributed by atoms with E-state index < -0.39 is 11.6 Å². The standard InChI is InChI=1S/C13H16F2N2O/c14-11-4-1-9(7-12(11)15)8-17-13(18)5-6-16-10-2-3-10/h1,4,7,10,16H,2-3,5-6,8H2,(H,17,18). The van der Waals surface area contributed by atoms with Crippen LogP contribution >= 0.6 is 0 Å². The van der Waals surface area contributed by atoms with E-state index in [1.807, 2.05) is 0 Å². The van der Waals surface area contributed by atoms with Gasteiger partial charge in [0.1, 0.15) is 0 Å². The van der Waals surface area contributed by atoms with E-state index in [0.29, 0.717) is 24.6 Å². The van der Waals surface area contributed by atoms with Gasteiger partial charge in [-0.3, -0.25) is 4.79 Å². The lowest BCUT2D eigenvalue weighted by molar-refractivity contribution is -0.121. The van der Waals surface area contributed by atoms with Gasteiger partial charge in [-0.1, -0.05) is 6.07 Å². The van der Waals surface area contributed by atoms with Crippen molar-refractivity contribution in [2.75, 3.05) is 6.54 Å². The van der Waals surface area contributed by atoms with Crippen molar-refractivity contribution < 1.29 is 13.6 Å². The molecule has 1 aliphatic carbocycles. The first-order valence-electron chi connectivity index (χ1n) is 6.09. The molecule has 1 fully saturated rings. The average molecular weight is 254 g/mol. The molecule has 2 N–H and O–H groups in total. The third kappa shape index (κ3) is 4.07. The van der Waals surface area contributed by atoms with Gasteiger partial charge in [-0.15, -0.1) is 0 Å². The monoisotopic (exact) mass is 254 g/mol. The van der Waals surface area contributed by atoms with Crippen molar-refractivity contribution in [2.24, 2.45) is 0 Å². The summed E-state index contributed by atoms with van der Waals surface area (Å²) in [6, 6.07) is 4.20. The molecule has 0 unspecified atom stereocenters. The summed E-state index contributed by atoms with van der Waals surface area (Å²) in [7, 11) is 0. The Kier molecular flexibility index (Phi) is 4.25. The van der Waals surface area contributed by atoms with Crippen LogP contribution < -0.4 is 10.6 Å². The predicted octanol–water partition coefficient (Wildman–Crippen LogP) is 1.72. The Morgan fingerprint density at radius 1 is 1.28 bits per heavy atom. The number of halogens is 2. The van der Waals surface area contributed by atoms with Crippen molar-refractivity contribution in [3.63, 3.8) is 0 Å². The molecule has 98 valence electrons. The number of amides is 1. The van der Waals surface area contributed by atoms with Crippen LogP contribution in [0.15, 0.2) is 18.2 Å². The lowest BCUT2D eigenvalue weighted by atomic mass is 10.2. The van der Waals surface area contributed by atoms with E-state index in [-0.39, 0.29) is 12.5 Å². The summed E-state index contributed by atoms with van der Waals surface area (Å²) in [5, 5.41) is 5.90. The summed E-state index contributed by atoms with van der Waals surface area (Å²) in [6.07, 6.45) is 2.78. The average Bonchev–Trinajstić information content (AvgIpc) is 3.15. The van der Waals surface area contributed by atoms with E-state index in [0.717, 1.165) is 12.1 Å². The molecule has 1 saturated carbocycles. The van der Waals surface area contributed by atoms with E-state index in [9.17, 15) is 13.6 Å².